The summed E-state index contributed by atoms with van der Waals surface area (Å²) in [4.78, 5) is 4.96. The van der Waals surface area contributed by atoms with Crippen LogP contribution in [-0.2, 0) is 0 Å². The van der Waals surface area contributed by atoms with Crippen molar-refractivity contribution >= 4 is 15.9 Å². The standard InChI is InChI=1S/C19H37BrN2/c1-3-5-7-9-11-13-15-21-17-19(20)22(18-21)16-14-12-10-8-6-4-2/h17H,3-16,18H2,1-2H3. The van der Waals surface area contributed by atoms with Crippen molar-refractivity contribution in [2.24, 2.45) is 0 Å². The maximum absolute atomic E-state index is 3.73. The Bertz CT molecular complexity index is 291. The molecule has 0 fully saturated rings. The molecule has 3 heteroatoms. The molecule has 0 radical (unpaired) electrons. The number of unbranched alkanes of at least 4 members (excludes halogenated alkanes) is 10. The average molecular weight is 373 g/mol. The predicted molar refractivity (Wildman–Crippen MR) is 102 cm³/mol. The molecule has 0 saturated carbocycles. The third-order valence-electron chi connectivity index (χ3n) is 4.52. The molecule has 0 aliphatic carbocycles. The van der Waals surface area contributed by atoms with Gasteiger partial charge in [-0.2, -0.15) is 0 Å². The van der Waals surface area contributed by atoms with E-state index in [1.165, 1.54) is 94.7 Å². The van der Waals surface area contributed by atoms with Gasteiger partial charge < -0.3 is 9.80 Å². The molecule has 1 aliphatic rings. The molecule has 0 atom stereocenters. The van der Waals surface area contributed by atoms with Crippen molar-refractivity contribution in [2.75, 3.05) is 19.8 Å². The first-order valence-electron chi connectivity index (χ1n) is 9.64. The van der Waals surface area contributed by atoms with Crippen LogP contribution in [0.4, 0.5) is 0 Å². The lowest BCUT2D eigenvalue weighted by Crippen LogP contribution is -2.27. The minimum Gasteiger partial charge on any atom is -0.358 e. The van der Waals surface area contributed by atoms with Gasteiger partial charge in [-0.25, -0.2) is 0 Å². The maximum atomic E-state index is 3.73. The second-order valence-electron chi connectivity index (χ2n) is 6.70. The number of hydrogen-bond donors (Lipinski definition) is 0. The van der Waals surface area contributed by atoms with Crippen molar-refractivity contribution in [3.8, 4) is 0 Å². The molecule has 0 aromatic rings. The zero-order valence-electron chi connectivity index (χ0n) is 15.0. The highest BCUT2D eigenvalue weighted by molar-refractivity contribution is 9.11. The summed E-state index contributed by atoms with van der Waals surface area (Å²) in [6.45, 7) is 8.07. The van der Waals surface area contributed by atoms with E-state index in [-0.39, 0.29) is 0 Å². The molecular weight excluding hydrogens is 336 g/mol. The predicted octanol–water partition coefficient (Wildman–Crippen LogP) is 6.48. The third kappa shape index (κ3) is 9.07. The molecule has 1 aliphatic heterocycles. The third-order valence-corrected chi connectivity index (χ3v) is 5.23. The van der Waals surface area contributed by atoms with Crippen LogP contribution in [0.2, 0.25) is 0 Å². The summed E-state index contributed by atoms with van der Waals surface area (Å²) in [5.74, 6) is 0. The molecule has 2 nitrogen and oxygen atoms in total. The molecule has 0 bridgehead atoms. The quantitative estimate of drug-likeness (QED) is 0.254. The Hall–Kier alpha value is -0.180. The highest BCUT2D eigenvalue weighted by Gasteiger charge is 2.17. The van der Waals surface area contributed by atoms with E-state index in [4.69, 9.17) is 0 Å². The lowest BCUT2D eigenvalue weighted by molar-refractivity contribution is 0.255. The Morgan fingerprint density at radius 2 is 1.27 bits per heavy atom. The van der Waals surface area contributed by atoms with Crippen LogP contribution in [0, 0.1) is 0 Å². The van der Waals surface area contributed by atoms with Crippen molar-refractivity contribution in [1.29, 1.82) is 0 Å². The van der Waals surface area contributed by atoms with Crippen LogP contribution in [0.1, 0.15) is 90.9 Å². The molecule has 1 heterocycles. The summed E-state index contributed by atoms with van der Waals surface area (Å²) in [6, 6.07) is 0. The maximum Gasteiger partial charge on any atom is 0.0981 e. The van der Waals surface area contributed by atoms with Crippen LogP contribution in [-0.4, -0.2) is 29.6 Å². The number of hydrogen-bond acceptors (Lipinski definition) is 2. The molecule has 130 valence electrons. The van der Waals surface area contributed by atoms with Crippen LogP contribution >= 0.6 is 15.9 Å². The number of nitrogens with zero attached hydrogens (tertiary/aromatic N) is 2. The lowest BCUT2D eigenvalue weighted by Gasteiger charge is -2.22. The van der Waals surface area contributed by atoms with Gasteiger partial charge in [-0.1, -0.05) is 78.1 Å². The molecule has 22 heavy (non-hydrogen) atoms. The first-order valence-corrected chi connectivity index (χ1v) is 10.4. The average Bonchev–Trinajstić information content (AvgIpc) is 2.86. The zero-order valence-corrected chi connectivity index (χ0v) is 16.5. The molecule has 0 N–H and O–H groups in total. The molecule has 0 aromatic heterocycles. The second-order valence-corrected chi connectivity index (χ2v) is 7.52. The summed E-state index contributed by atoms with van der Waals surface area (Å²) in [5, 5.41) is 0. The van der Waals surface area contributed by atoms with E-state index in [0.29, 0.717) is 0 Å². The van der Waals surface area contributed by atoms with Gasteiger partial charge in [0.1, 0.15) is 0 Å². The monoisotopic (exact) mass is 372 g/mol. The molecular formula is C19H37BrN2. The topological polar surface area (TPSA) is 6.48 Å². The Morgan fingerprint density at radius 1 is 0.773 bits per heavy atom. The van der Waals surface area contributed by atoms with Crippen molar-refractivity contribution in [2.45, 2.75) is 90.9 Å². The molecule has 0 amide bonds. The van der Waals surface area contributed by atoms with Gasteiger partial charge in [0.2, 0.25) is 0 Å². The molecule has 0 saturated heterocycles. The van der Waals surface area contributed by atoms with Crippen LogP contribution in [0.25, 0.3) is 0 Å². The van der Waals surface area contributed by atoms with Crippen molar-refractivity contribution in [3.63, 3.8) is 0 Å². The minimum atomic E-state index is 1.09. The van der Waals surface area contributed by atoms with E-state index >= 15 is 0 Å². The van der Waals surface area contributed by atoms with Crippen LogP contribution < -0.4 is 0 Å². The van der Waals surface area contributed by atoms with E-state index < -0.39 is 0 Å². The minimum absolute atomic E-state index is 1.09. The van der Waals surface area contributed by atoms with E-state index in [0.717, 1.165) is 6.67 Å². The van der Waals surface area contributed by atoms with Crippen LogP contribution in [0.5, 0.6) is 0 Å². The van der Waals surface area contributed by atoms with E-state index in [1.807, 2.05) is 0 Å². The number of rotatable bonds is 14. The fraction of sp³-hybridized carbons (Fsp3) is 0.895. The Balaban J connectivity index is 2.01. The van der Waals surface area contributed by atoms with E-state index in [2.05, 4.69) is 45.8 Å². The fourth-order valence-electron chi connectivity index (χ4n) is 3.05. The Morgan fingerprint density at radius 3 is 1.86 bits per heavy atom. The van der Waals surface area contributed by atoms with Gasteiger partial charge in [0.05, 0.1) is 11.3 Å². The SMILES string of the molecule is CCCCCCCCN1C=C(Br)N(CCCCCCCC)C1. The lowest BCUT2D eigenvalue weighted by atomic mass is 10.1. The second kappa shape index (κ2) is 13.3. The van der Waals surface area contributed by atoms with Gasteiger partial charge in [0.15, 0.2) is 0 Å². The first-order chi connectivity index (χ1) is 10.8. The van der Waals surface area contributed by atoms with Crippen molar-refractivity contribution in [3.05, 3.63) is 10.8 Å². The van der Waals surface area contributed by atoms with Gasteiger partial charge in [0.25, 0.3) is 0 Å². The first kappa shape index (κ1) is 19.9. The Labute approximate surface area is 147 Å². The largest absolute Gasteiger partial charge is 0.358 e. The summed E-state index contributed by atoms with van der Waals surface area (Å²) in [6.07, 6.45) is 18.9. The van der Waals surface area contributed by atoms with E-state index in [1.54, 1.807) is 0 Å². The molecule has 0 unspecified atom stereocenters. The number of halogens is 1. The van der Waals surface area contributed by atoms with Gasteiger partial charge in [-0.3, -0.25) is 0 Å². The van der Waals surface area contributed by atoms with E-state index in [9.17, 15) is 0 Å². The summed E-state index contributed by atoms with van der Waals surface area (Å²) < 4.78 is 1.28. The van der Waals surface area contributed by atoms with Gasteiger partial charge in [-0.15, -0.1) is 0 Å². The van der Waals surface area contributed by atoms with Crippen LogP contribution in [0.3, 0.4) is 0 Å². The highest BCUT2D eigenvalue weighted by Crippen LogP contribution is 2.22. The highest BCUT2D eigenvalue weighted by atomic mass is 79.9. The van der Waals surface area contributed by atoms with Gasteiger partial charge >= 0.3 is 0 Å². The molecule has 0 aromatic carbocycles. The summed E-state index contributed by atoms with van der Waals surface area (Å²) in [7, 11) is 0. The zero-order chi connectivity index (χ0) is 16.0. The summed E-state index contributed by atoms with van der Waals surface area (Å²) >= 11 is 3.73. The molecule has 1 rings (SSSR count). The van der Waals surface area contributed by atoms with Gasteiger partial charge in [-0.05, 0) is 28.8 Å². The normalized spacial score (nSPS) is 14.8. The van der Waals surface area contributed by atoms with Crippen LogP contribution in [0.15, 0.2) is 10.8 Å². The smallest absolute Gasteiger partial charge is 0.0981 e. The Kier molecular flexibility index (Phi) is 12.0. The van der Waals surface area contributed by atoms with Crippen molar-refractivity contribution in [1.82, 2.24) is 9.80 Å². The van der Waals surface area contributed by atoms with Crippen molar-refractivity contribution < 1.29 is 0 Å². The summed E-state index contributed by atoms with van der Waals surface area (Å²) in [5.41, 5.74) is 0. The fourth-order valence-corrected chi connectivity index (χ4v) is 3.63. The van der Waals surface area contributed by atoms with Gasteiger partial charge in [0, 0.05) is 19.3 Å². The molecule has 0 spiro atoms.